The Balaban J connectivity index is 1.12. The van der Waals surface area contributed by atoms with Gasteiger partial charge in [-0.15, -0.1) is 0 Å². The normalized spacial score (nSPS) is 16.5. The number of benzene rings is 6. The zero-order valence-electron chi connectivity index (χ0n) is 25.7. The fourth-order valence-electron chi connectivity index (χ4n) is 7.23. The molecule has 1 aliphatic carbocycles. The van der Waals surface area contributed by atoms with Gasteiger partial charge in [0.25, 0.3) is 0 Å². The van der Waals surface area contributed by atoms with Crippen LogP contribution in [0.25, 0.3) is 72.2 Å². The van der Waals surface area contributed by atoms with Crippen LogP contribution in [0.2, 0.25) is 0 Å². The van der Waals surface area contributed by atoms with Crippen molar-refractivity contribution in [3.8, 4) is 39.7 Å². The van der Waals surface area contributed by atoms with Crippen molar-refractivity contribution in [3.05, 3.63) is 163 Å². The predicted octanol–water partition coefficient (Wildman–Crippen LogP) is 10.4. The van der Waals surface area contributed by atoms with Gasteiger partial charge in [0.05, 0.1) is 5.92 Å². The first-order valence-electron chi connectivity index (χ1n) is 16.2. The van der Waals surface area contributed by atoms with Crippen molar-refractivity contribution in [2.45, 2.75) is 12.0 Å². The summed E-state index contributed by atoms with van der Waals surface area (Å²) in [5.41, 5.74) is 8.02. The molecule has 2 atom stereocenters. The van der Waals surface area contributed by atoms with E-state index in [1.165, 1.54) is 10.8 Å². The van der Waals surface area contributed by atoms with Gasteiger partial charge in [0.1, 0.15) is 23.0 Å². The van der Waals surface area contributed by atoms with Crippen molar-refractivity contribution >= 4 is 38.3 Å². The van der Waals surface area contributed by atoms with Crippen molar-refractivity contribution in [1.29, 1.82) is 0 Å². The predicted molar refractivity (Wildman–Crippen MR) is 192 cm³/mol. The van der Waals surface area contributed by atoms with Crippen molar-refractivity contribution < 1.29 is 9.15 Å². The summed E-state index contributed by atoms with van der Waals surface area (Å²) in [6.45, 7) is 0. The SMILES string of the molecule is C1=CC2Oc3ccc(-c4cccc5oc6cc7ccccc7cc6c45)cc3C2C(c2nc(-c3ccccc3)nc(-c3ccccc3)n2)=C1. The Morgan fingerprint density at radius 2 is 1.23 bits per heavy atom. The first-order valence-corrected chi connectivity index (χ1v) is 16.2. The summed E-state index contributed by atoms with van der Waals surface area (Å²) in [5, 5.41) is 4.59. The lowest BCUT2D eigenvalue weighted by atomic mass is 9.83. The molecule has 2 aliphatic rings. The van der Waals surface area contributed by atoms with E-state index >= 15 is 0 Å². The summed E-state index contributed by atoms with van der Waals surface area (Å²) in [5.74, 6) is 2.74. The van der Waals surface area contributed by atoms with Gasteiger partial charge in [-0.25, -0.2) is 15.0 Å². The van der Waals surface area contributed by atoms with Gasteiger partial charge in [-0.05, 0) is 58.3 Å². The Kier molecular flexibility index (Phi) is 5.93. The van der Waals surface area contributed by atoms with Crippen LogP contribution in [0.5, 0.6) is 5.75 Å². The second-order valence-electron chi connectivity index (χ2n) is 12.3. The third-order valence-corrected chi connectivity index (χ3v) is 9.48. The first-order chi connectivity index (χ1) is 23.8. The highest BCUT2D eigenvalue weighted by Crippen LogP contribution is 2.49. The Hall–Kier alpha value is -6.33. The van der Waals surface area contributed by atoms with E-state index in [0.29, 0.717) is 17.5 Å². The van der Waals surface area contributed by atoms with Gasteiger partial charge in [-0.1, -0.05) is 115 Å². The summed E-state index contributed by atoms with van der Waals surface area (Å²) in [4.78, 5) is 15.0. The van der Waals surface area contributed by atoms with E-state index in [4.69, 9.17) is 24.1 Å². The molecule has 0 amide bonds. The second-order valence-corrected chi connectivity index (χ2v) is 12.3. The second kappa shape index (κ2) is 10.6. The van der Waals surface area contributed by atoms with Gasteiger partial charge in [0, 0.05) is 33.0 Å². The van der Waals surface area contributed by atoms with E-state index in [1.54, 1.807) is 0 Å². The maximum atomic E-state index is 6.56. The van der Waals surface area contributed by atoms with Crippen LogP contribution in [0.15, 0.2) is 156 Å². The highest BCUT2D eigenvalue weighted by Gasteiger charge is 2.39. The molecule has 48 heavy (non-hydrogen) atoms. The molecule has 0 N–H and O–H groups in total. The number of hydrogen-bond donors (Lipinski definition) is 0. The van der Waals surface area contributed by atoms with E-state index in [9.17, 15) is 0 Å². The van der Waals surface area contributed by atoms with Crippen LogP contribution < -0.4 is 4.74 Å². The molecule has 0 fully saturated rings. The summed E-state index contributed by atoms with van der Waals surface area (Å²) in [6, 6.07) is 45.8. The number of ether oxygens (including phenoxy) is 1. The maximum Gasteiger partial charge on any atom is 0.164 e. The third-order valence-electron chi connectivity index (χ3n) is 9.48. The van der Waals surface area contributed by atoms with Crippen molar-refractivity contribution in [1.82, 2.24) is 15.0 Å². The zero-order valence-corrected chi connectivity index (χ0v) is 25.7. The monoisotopic (exact) mass is 617 g/mol. The molecule has 0 spiro atoms. The highest BCUT2D eigenvalue weighted by molar-refractivity contribution is 6.15. The van der Waals surface area contributed by atoms with Crippen molar-refractivity contribution in [2.24, 2.45) is 0 Å². The number of hydrogen-bond acceptors (Lipinski definition) is 5. The first kappa shape index (κ1) is 26.8. The lowest BCUT2D eigenvalue weighted by Gasteiger charge is -2.22. The number of fused-ring (bicyclic) bond motifs is 7. The standard InChI is InChI=1S/C43H27N3O2/c1-3-11-26(12-4-1)41-44-42(27-13-5-2-6-14-27)46-43(45-41)32-18-10-20-37-40(32)33-24-30(21-22-35(33)47-37)31-17-9-19-36-39(31)34-23-28-15-7-8-16-29(28)25-38(34)48-36/h1-25,37,40H. The van der Waals surface area contributed by atoms with Gasteiger partial charge in [0.2, 0.25) is 0 Å². The van der Waals surface area contributed by atoms with Crippen LogP contribution in [-0.2, 0) is 0 Å². The fraction of sp³-hybridized carbons (Fsp3) is 0.0465. The van der Waals surface area contributed by atoms with Crippen LogP contribution in [0.1, 0.15) is 17.3 Å². The summed E-state index contributed by atoms with van der Waals surface area (Å²) >= 11 is 0. The minimum absolute atomic E-state index is 0.0798. The molecule has 226 valence electrons. The molecule has 8 aromatic rings. The van der Waals surface area contributed by atoms with Gasteiger partial charge in [-0.3, -0.25) is 0 Å². The number of allylic oxidation sites excluding steroid dienone is 2. The largest absolute Gasteiger partial charge is 0.485 e. The van der Waals surface area contributed by atoms with Gasteiger partial charge < -0.3 is 9.15 Å². The zero-order chi connectivity index (χ0) is 31.6. The van der Waals surface area contributed by atoms with Crippen molar-refractivity contribution in [3.63, 3.8) is 0 Å². The highest BCUT2D eigenvalue weighted by atomic mass is 16.5. The Morgan fingerprint density at radius 1 is 0.542 bits per heavy atom. The summed E-state index contributed by atoms with van der Waals surface area (Å²) in [6.07, 6.45) is 6.14. The molecule has 10 rings (SSSR count). The number of nitrogens with zero attached hydrogens (tertiary/aromatic N) is 3. The molecule has 5 heteroatoms. The molecule has 3 heterocycles. The van der Waals surface area contributed by atoms with Crippen LogP contribution in [-0.4, -0.2) is 21.1 Å². The Morgan fingerprint density at radius 3 is 1.98 bits per heavy atom. The van der Waals surface area contributed by atoms with Gasteiger partial charge in [0.15, 0.2) is 17.5 Å². The van der Waals surface area contributed by atoms with Crippen LogP contribution in [0.3, 0.4) is 0 Å². The minimum Gasteiger partial charge on any atom is -0.485 e. The third kappa shape index (κ3) is 4.28. The van der Waals surface area contributed by atoms with E-state index in [-0.39, 0.29) is 12.0 Å². The van der Waals surface area contributed by atoms with E-state index in [2.05, 4.69) is 91.0 Å². The fourth-order valence-corrected chi connectivity index (χ4v) is 7.23. The average molecular weight is 618 g/mol. The molecule has 0 bridgehead atoms. The molecule has 0 saturated heterocycles. The molecule has 6 aromatic carbocycles. The molecule has 5 nitrogen and oxygen atoms in total. The Bertz CT molecular complexity index is 2550. The number of aromatic nitrogens is 3. The van der Waals surface area contributed by atoms with E-state index in [1.807, 2.05) is 60.7 Å². The molecular weight excluding hydrogens is 590 g/mol. The summed E-state index contributed by atoms with van der Waals surface area (Å²) in [7, 11) is 0. The minimum atomic E-state index is -0.163. The molecule has 2 aromatic heterocycles. The molecular formula is C43H27N3O2. The smallest absolute Gasteiger partial charge is 0.164 e. The summed E-state index contributed by atoms with van der Waals surface area (Å²) < 4.78 is 13.0. The molecule has 0 radical (unpaired) electrons. The lowest BCUT2D eigenvalue weighted by molar-refractivity contribution is 0.271. The van der Waals surface area contributed by atoms with Crippen molar-refractivity contribution in [2.75, 3.05) is 0 Å². The number of rotatable bonds is 4. The van der Waals surface area contributed by atoms with Gasteiger partial charge >= 0.3 is 0 Å². The van der Waals surface area contributed by atoms with Crippen LogP contribution in [0.4, 0.5) is 0 Å². The Labute approximate surface area is 276 Å². The van der Waals surface area contributed by atoms with E-state index in [0.717, 1.165) is 61.1 Å². The maximum absolute atomic E-state index is 6.56. The molecule has 2 unspecified atom stereocenters. The van der Waals surface area contributed by atoms with Crippen LogP contribution >= 0.6 is 0 Å². The number of furan rings is 1. The molecule has 1 aliphatic heterocycles. The van der Waals surface area contributed by atoms with Crippen LogP contribution in [0, 0.1) is 0 Å². The lowest BCUT2D eigenvalue weighted by Crippen LogP contribution is -2.20. The average Bonchev–Trinajstić information content (AvgIpc) is 3.72. The van der Waals surface area contributed by atoms with E-state index < -0.39 is 0 Å². The quantitative estimate of drug-likeness (QED) is 0.197. The molecule has 0 saturated carbocycles. The topological polar surface area (TPSA) is 61.0 Å². The van der Waals surface area contributed by atoms with Gasteiger partial charge in [-0.2, -0.15) is 0 Å².